The molecular formula is C28H36N4O2S2. The van der Waals surface area contributed by atoms with Crippen molar-refractivity contribution in [2.45, 2.75) is 71.6 Å². The largest absolute Gasteiger partial charge is 0.352 e. The first kappa shape index (κ1) is 26.5. The maximum absolute atomic E-state index is 13.7. The van der Waals surface area contributed by atoms with Crippen LogP contribution in [0.15, 0.2) is 35.0 Å². The molecule has 0 spiro atoms. The summed E-state index contributed by atoms with van der Waals surface area (Å²) >= 11 is 3.27. The van der Waals surface area contributed by atoms with E-state index in [-0.39, 0.29) is 35.1 Å². The zero-order chi connectivity index (χ0) is 26.2. The minimum atomic E-state index is -0.263. The zero-order valence-electron chi connectivity index (χ0n) is 22.2. The second kappa shape index (κ2) is 10.4. The van der Waals surface area contributed by atoms with Gasteiger partial charge in [-0.15, -0.1) is 11.8 Å². The minimum Gasteiger partial charge on any atom is -0.352 e. The van der Waals surface area contributed by atoms with Crippen LogP contribution in [0.5, 0.6) is 0 Å². The Morgan fingerprint density at radius 3 is 2.61 bits per heavy atom. The minimum absolute atomic E-state index is 0.0344. The van der Waals surface area contributed by atoms with Gasteiger partial charge in [-0.05, 0) is 61.2 Å². The van der Waals surface area contributed by atoms with Gasteiger partial charge in [0.25, 0.3) is 0 Å². The number of fused-ring (bicyclic) bond motifs is 1. The lowest BCUT2D eigenvalue weighted by Crippen LogP contribution is -2.44. The summed E-state index contributed by atoms with van der Waals surface area (Å²) in [5.41, 5.74) is 6.02. The highest BCUT2D eigenvalue weighted by atomic mass is 32.2. The van der Waals surface area contributed by atoms with Gasteiger partial charge in [0.15, 0.2) is 0 Å². The van der Waals surface area contributed by atoms with Crippen molar-refractivity contribution in [3.63, 3.8) is 0 Å². The monoisotopic (exact) mass is 524 g/mol. The number of thioether (sulfide) groups is 1. The fourth-order valence-corrected chi connectivity index (χ4v) is 6.50. The Balaban J connectivity index is 1.99. The average Bonchev–Trinajstić information content (AvgIpc) is 3.44. The summed E-state index contributed by atoms with van der Waals surface area (Å²) in [5.74, 6) is 0.762. The van der Waals surface area contributed by atoms with Gasteiger partial charge >= 0.3 is 0 Å². The molecule has 1 aliphatic heterocycles. The molecule has 1 aliphatic rings. The number of carbonyl (C=O) groups excluding carboxylic acids is 2. The van der Waals surface area contributed by atoms with Gasteiger partial charge < -0.3 is 5.32 Å². The molecule has 0 unspecified atom stereocenters. The van der Waals surface area contributed by atoms with E-state index in [4.69, 9.17) is 5.10 Å². The third kappa shape index (κ3) is 5.25. The van der Waals surface area contributed by atoms with Crippen LogP contribution < -0.4 is 10.2 Å². The summed E-state index contributed by atoms with van der Waals surface area (Å²) in [4.78, 5) is 28.4. The Bertz CT molecular complexity index is 1260. The first-order valence-electron chi connectivity index (χ1n) is 12.5. The molecular weight excluding hydrogens is 488 g/mol. The molecule has 0 bridgehead atoms. The van der Waals surface area contributed by atoms with Gasteiger partial charge in [0.1, 0.15) is 12.4 Å². The molecule has 6 nitrogen and oxygen atoms in total. The molecule has 8 heteroatoms. The molecule has 0 radical (unpaired) electrons. The summed E-state index contributed by atoms with van der Waals surface area (Å²) < 4.78 is 1.91. The average molecular weight is 525 g/mol. The van der Waals surface area contributed by atoms with Gasteiger partial charge in [0.05, 0.1) is 22.4 Å². The van der Waals surface area contributed by atoms with Crippen molar-refractivity contribution in [3.8, 4) is 5.69 Å². The lowest BCUT2D eigenvalue weighted by Gasteiger charge is -2.25. The predicted molar refractivity (Wildman–Crippen MR) is 151 cm³/mol. The summed E-state index contributed by atoms with van der Waals surface area (Å²) in [7, 11) is 0. The Hall–Kier alpha value is -2.58. The lowest BCUT2D eigenvalue weighted by atomic mass is 9.87. The van der Waals surface area contributed by atoms with Crippen molar-refractivity contribution < 1.29 is 9.59 Å². The molecule has 0 saturated carbocycles. The van der Waals surface area contributed by atoms with E-state index in [1.165, 1.54) is 0 Å². The Morgan fingerprint density at radius 1 is 1.25 bits per heavy atom. The zero-order valence-corrected chi connectivity index (χ0v) is 23.8. The molecule has 4 rings (SSSR count). The lowest BCUT2D eigenvalue weighted by molar-refractivity contribution is -0.123. The molecule has 2 aromatic heterocycles. The first-order valence-corrected chi connectivity index (χ1v) is 14.4. The van der Waals surface area contributed by atoms with E-state index in [2.05, 4.69) is 75.0 Å². The molecule has 0 fully saturated rings. The van der Waals surface area contributed by atoms with Gasteiger partial charge in [0.2, 0.25) is 11.8 Å². The number of hydrogen-bond donors (Lipinski definition) is 1. The number of rotatable bonds is 6. The summed E-state index contributed by atoms with van der Waals surface area (Å²) in [5, 5.41) is 12.4. The Labute approximate surface area is 222 Å². The quantitative estimate of drug-likeness (QED) is 0.434. The van der Waals surface area contributed by atoms with Crippen LogP contribution in [-0.2, 0) is 15.0 Å². The Kier molecular flexibility index (Phi) is 7.67. The SMILES string of the molecule is CC[C@H](C)NC(=O)CN1C(=O)CS[C@H](c2ccsc2)c2c(C(C)(C)C)nn(-c3ccc(C)cc3C)c21. The van der Waals surface area contributed by atoms with Crippen molar-refractivity contribution in [1.82, 2.24) is 15.1 Å². The Morgan fingerprint density at radius 2 is 2.00 bits per heavy atom. The molecule has 3 heterocycles. The number of anilines is 1. The molecule has 3 aromatic rings. The number of thiophene rings is 1. The van der Waals surface area contributed by atoms with Crippen LogP contribution in [-0.4, -0.2) is 39.9 Å². The van der Waals surface area contributed by atoms with Gasteiger partial charge in [-0.1, -0.05) is 45.4 Å². The fourth-order valence-electron chi connectivity index (χ4n) is 4.54. The van der Waals surface area contributed by atoms with E-state index in [0.29, 0.717) is 11.6 Å². The number of aromatic nitrogens is 2. The highest BCUT2D eigenvalue weighted by molar-refractivity contribution is 8.00. The second-order valence-electron chi connectivity index (χ2n) is 10.6. The van der Waals surface area contributed by atoms with Gasteiger partial charge in [-0.3, -0.25) is 14.5 Å². The van der Waals surface area contributed by atoms with Crippen molar-refractivity contribution in [2.24, 2.45) is 0 Å². The highest BCUT2D eigenvalue weighted by Crippen LogP contribution is 2.48. The van der Waals surface area contributed by atoms with Crippen LogP contribution in [0.2, 0.25) is 0 Å². The number of hydrogen-bond acceptors (Lipinski definition) is 5. The van der Waals surface area contributed by atoms with Crippen molar-refractivity contribution in [1.29, 1.82) is 0 Å². The molecule has 0 saturated heterocycles. The van der Waals surface area contributed by atoms with Crippen LogP contribution in [0.4, 0.5) is 5.82 Å². The van der Waals surface area contributed by atoms with Crippen molar-refractivity contribution >= 4 is 40.7 Å². The molecule has 192 valence electrons. The second-order valence-corrected chi connectivity index (χ2v) is 12.5. The topological polar surface area (TPSA) is 67.2 Å². The molecule has 1 aromatic carbocycles. The summed E-state index contributed by atoms with van der Waals surface area (Å²) in [6.07, 6.45) is 0.829. The fraction of sp³-hybridized carbons (Fsp3) is 0.464. The van der Waals surface area contributed by atoms with Gasteiger partial charge in [-0.2, -0.15) is 16.4 Å². The van der Waals surface area contributed by atoms with E-state index in [9.17, 15) is 9.59 Å². The van der Waals surface area contributed by atoms with E-state index in [1.54, 1.807) is 28.0 Å². The van der Waals surface area contributed by atoms with E-state index < -0.39 is 0 Å². The molecule has 2 amide bonds. The molecule has 1 N–H and O–H groups in total. The number of nitrogens with one attached hydrogen (secondary N) is 1. The number of amides is 2. The van der Waals surface area contributed by atoms with Crippen LogP contribution in [0, 0.1) is 13.8 Å². The molecule has 36 heavy (non-hydrogen) atoms. The third-order valence-electron chi connectivity index (χ3n) is 6.55. The first-order chi connectivity index (χ1) is 17.0. The predicted octanol–water partition coefficient (Wildman–Crippen LogP) is 5.93. The maximum Gasteiger partial charge on any atom is 0.240 e. The van der Waals surface area contributed by atoms with Crippen LogP contribution in [0.3, 0.4) is 0 Å². The number of benzene rings is 1. The van der Waals surface area contributed by atoms with Gasteiger partial charge in [0, 0.05) is 17.0 Å². The van der Waals surface area contributed by atoms with E-state index in [0.717, 1.165) is 40.1 Å². The highest BCUT2D eigenvalue weighted by Gasteiger charge is 2.40. The standard InChI is InChI=1S/C28H36N4O2S2/c1-8-19(4)29-22(33)14-31-23(34)16-36-25(20-11-12-35-15-20)24-26(28(5,6)7)30-32(27(24)31)21-10-9-17(2)13-18(21)3/h9-13,15,19,25H,8,14,16H2,1-7H3,(H,29,33)/t19-,25+/m0/s1. The van der Waals surface area contributed by atoms with E-state index in [1.807, 2.05) is 18.5 Å². The molecule has 2 atom stereocenters. The number of carbonyl (C=O) groups is 2. The maximum atomic E-state index is 13.7. The van der Waals surface area contributed by atoms with Crippen molar-refractivity contribution in [2.75, 3.05) is 17.2 Å². The van der Waals surface area contributed by atoms with Crippen molar-refractivity contribution in [3.05, 3.63) is 63.0 Å². The summed E-state index contributed by atoms with van der Waals surface area (Å²) in [6.45, 7) is 14.6. The smallest absolute Gasteiger partial charge is 0.240 e. The number of nitrogens with zero attached hydrogens (tertiary/aromatic N) is 3. The normalized spacial score (nSPS) is 17.0. The van der Waals surface area contributed by atoms with Crippen LogP contribution in [0.25, 0.3) is 5.69 Å². The third-order valence-corrected chi connectivity index (χ3v) is 8.50. The van der Waals surface area contributed by atoms with Crippen LogP contribution in [0.1, 0.15) is 74.2 Å². The van der Waals surface area contributed by atoms with Crippen LogP contribution >= 0.6 is 23.1 Å². The number of aryl methyl sites for hydroxylation is 2. The van der Waals surface area contributed by atoms with E-state index >= 15 is 0 Å². The summed E-state index contributed by atoms with van der Waals surface area (Å²) in [6, 6.07) is 8.43. The molecule has 0 aliphatic carbocycles. The van der Waals surface area contributed by atoms with Gasteiger partial charge in [-0.25, -0.2) is 4.68 Å².